The monoisotopic (exact) mass is 280 g/mol. The van der Waals surface area contributed by atoms with Crippen LogP contribution in [0, 0.1) is 13.8 Å². The van der Waals surface area contributed by atoms with Crippen molar-refractivity contribution >= 4 is 23.5 Å². The molecule has 1 unspecified atom stereocenters. The zero-order valence-corrected chi connectivity index (χ0v) is 12.5. The van der Waals surface area contributed by atoms with Crippen LogP contribution >= 0.6 is 11.8 Å². The molecule has 0 bridgehead atoms. The van der Waals surface area contributed by atoms with E-state index in [0.717, 1.165) is 36.5 Å². The molecule has 0 amide bonds. The second-order valence-electron chi connectivity index (χ2n) is 4.93. The Balaban J connectivity index is 2.40. The van der Waals surface area contributed by atoms with Gasteiger partial charge in [0.2, 0.25) is 0 Å². The summed E-state index contributed by atoms with van der Waals surface area (Å²) in [6, 6.07) is 1.84. The number of carboxylic acid groups (broad SMARTS) is 1. The molecule has 2 heterocycles. The van der Waals surface area contributed by atoms with Crippen LogP contribution in [0.1, 0.15) is 35.0 Å². The molecule has 1 aromatic rings. The molecule has 1 aliphatic rings. The number of aryl methyl sites for hydroxylation is 2. The summed E-state index contributed by atoms with van der Waals surface area (Å²) in [6.45, 7) is 7.69. The average molecular weight is 280 g/mol. The fraction of sp³-hybridized carbons (Fsp3) is 0.571. The maximum absolute atomic E-state index is 11.5. The second kappa shape index (κ2) is 5.82. The third kappa shape index (κ3) is 3.03. The highest BCUT2D eigenvalue weighted by molar-refractivity contribution is 8.00. The first-order chi connectivity index (χ1) is 9.02. The molecule has 2 rings (SSSR count). The van der Waals surface area contributed by atoms with Gasteiger partial charge >= 0.3 is 5.97 Å². The number of anilines is 1. The molecule has 19 heavy (non-hydrogen) atoms. The van der Waals surface area contributed by atoms with E-state index in [0.29, 0.717) is 16.6 Å². The van der Waals surface area contributed by atoms with Crippen LogP contribution in [0.15, 0.2) is 6.07 Å². The number of hydrogen-bond acceptors (Lipinski definition) is 4. The lowest BCUT2D eigenvalue weighted by molar-refractivity contribution is 0.0696. The maximum Gasteiger partial charge on any atom is 0.339 e. The van der Waals surface area contributed by atoms with E-state index in [-0.39, 0.29) is 0 Å². The number of aromatic nitrogens is 1. The van der Waals surface area contributed by atoms with Crippen LogP contribution in [0.5, 0.6) is 0 Å². The quantitative estimate of drug-likeness (QED) is 0.922. The van der Waals surface area contributed by atoms with Gasteiger partial charge in [0.1, 0.15) is 11.4 Å². The molecule has 0 aromatic carbocycles. The van der Waals surface area contributed by atoms with E-state index < -0.39 is 5.97 Å². The molecule has 5 heteroatoms. The molecule has 1 fully saturated rings. The zero-order chi connectivity index (χ0) is 14.0. The summed E-state index contributed by atoms with van der Waals surface area (Å²) in [5.74, 6) is 0.793. The highest BCUT2D eigenvalue weighted by Crippen LogP contribution is 2.28. The predicted molar refractivity (Wildman–Crippen MR) is 79.4 cm³/mol. The van der Waals surface area contributed by atoms with E-state index >= 15 is 0 Å². The third-order valence-corrected chi connectivity index (χ3v) is 4.81. The molecule has 1 aromatic heterocycles. The van der Waals surface area contributed by atoms with Gasteiger partial charge in [-0.15, -0.1) is 0 Å². The number of nitrogens with zero attached hydrogens (tertiary/aromatic N) is 2. The predicted octanol–water partition coefficient (Wildman–Crippen LogP) is 2.73. The average Bonchev–Trinajstić information content (AvgIpc) is 2.37. The molecule has 1 N–H and O–H groups in total. The van der Waals surface area contributed by atoms with Gasteiger partial charge in [-0.3, -0.25) is 0 Å². The van der Waals surface area contributed by atoms with Gasteiger partial charge in [-0.25, -0.2) is 9.78 Å². The fourth-order valence-electron chi connectivity index (χ4n) is 2.47. The first kappa shape index (κ1) is 14.2. The first-order valence-electron chi connectivity index (χ1n) is 6.61. The zero-order valence-electron chi connectivity index (χ0n) is 11.6. The Kier molecular flexibility index (Phi) is 4.34. The third-order valence-electron chi connectivity index (χ3n) is 3.43. The van der Waals surface area contributed by atoms with Crippen LogP contribution < -0.4 is 4.90 Å². The van der Waals surface area contributed by atoms with Gasteiger partial charge < -0.3 is 10.0 Å². The van der Waals surface area contributed by atoms with Crippen LogP contribution in [-0.4, -0.2) is 40.2 Å². The molecule has 0 aliphatic carbocycles. The molecule has 1 atom stereocenters. The molecule has 0 spiro atoms. The lowest BCUT2D eigenvalue weighted by Gasteiger charge is -2.34. The Hall–Kier alpha value is -1.23. The largest absolute Gasteiger partial charge is 0.478 e. The number of thioether (sulfide) groups is 1. The molecule has 0 radical (unpaired) electrons. The van der Waals surface area contributed by atoms with Crippen LogP contribution in [-0.2, 0) is 0 Å². The normalized spacial score (nSPS) is 19.5. The Morgan fingerprint density at radius 2 is 2.32 bits per heavy atom. The van der Waals surface area contributed by atoms with Gasteiger partial charge in [0.25, 0.3) is 0 Å². The van der Waals surface area contributed by atoms with Crippen LogP contribution in [0.25, 0.3) is 0 Å². The standard InChI is InChI=1S/C14H20N2O2S/c1-4-11-8-16(5-6-19-11)13-12(14(17)18)9(2)7-10(3)15-13/h7,11H,4-6,8H2,1-3H3,(H,17,18). The number of carbonyl (C=O) groups is 1. The molecule has 104 valence electrons. The Morgan fingerprint density at radius 3 is 2.95 bits per heavy atom. The number of carboxylic acids is 1. The summed E-state index contributed by atoms with van der Waals surface area (Å²) in [4.78, 5) is 18.1. The minimum absolute atomic E-state index is 0.354. The van der Waals surface area contributed by atoms with E-state index in [1.54, 1.807) is 0 Å². The van der Waals surface area contributed by atoms with Crippen molar-refractivity contribution in [2.75, 3.05) is 23.7 Å². The molecule has 1 aliphatic heterocycles. The smallest absolute Gasteiger partial charge is 0.339 e. The minimum Gasteiger partial charge on any atom is -0.478 e. The Bertz CT molecular complexity index is 491. The van der Waals surface area contributed by atoms with Crippen LogP contribution in [0.4, 0.5) is 5.82 Å². The van der Waals surface area contributed by atoms with E-state index in [2.05, 4.69) is 16.8 Å². The van der Waals surface area contributed by atoms with Crippen LogP contribution in [0.2, 0.25) is 0 Å². The summed E-state index contributed by atoms with van der Waals surface area (Å²) in [5.41, 5.74) is 2.03. The van der Waals surface area contributed by atoms with Gasteiger partial charge in [0.05, 0.1) is 0 Å². The molecule has 4 nitrogen and oxygen atoms in total. The van der Waals surface area contributed by atoms with Crippen molar-refractivity contribution < 1.29 is 9.90 Å². The first-order valence-corrected chi connectivity index (χ1v) is 7.66. The number of pyridine rings is 1. The van der Waals surface area contributed by atoms with Crippen LogP contribution in [0.3, 0.4) is 0 Å². The highest BCUT2D eigenvalue weighted by atomic mass is 32.2. The second-order valence-corrected chi connectivity index (χ2v) is 6.34. The van der Waals surface area contributed by atoms with E-state index in [4.69, 9.17) is 0 Å². The summed E-state index contributed by atoms with van der Waals surface area (Å²) < 4.78 is 0. The maximum atomic E-state index is 11.5. The topological polar surface area (TPSA) is 53.4 Å². The number of hydrogen-bond donors (Lipinski definition) is 1. The summed E-state index contributed by atoms with van der Waals surface area (Å²) >= 11 is 1.97. The fourth-order valence-corrected chi connectivity index (χ4v) is 3.65. The minimum atomic E-state index is -0.883. The SMILES string of the molecule is CCC1CN(c2nc(C)cc(C)c2C(=O)O)CCS1. The van der Waals surface area contributed by atoms with Gasteiger partial charge in [-0.1, -0.05) is 6.92 Å². The van der Waals surface area contributed by atoms with E-state index in [9.17, 15) is 9.90 Å². The lowest BCUT2D eigenvalue weighted by Crippen LogP contribution is -2.39. The lowest BCUT2D eigenvalue weighted by atomic mass is 10.1. The summed E-state index contributed by atoms with van der Waals surface area (Å²) in [6.07, 6.45) is 1.11. The number of rotatable bonds is 3. The van der Waals surface area contributed by atoms with Gasteiger partial charge in [-0.05, 0) is 31.9 Å². The van der Waals surface area contributed by atoms with E-state index in [1.807, 2.05) is 31.7 Å². The summed E-state index contributed by atoms with van der Waals surface area (Å²) in [7, 11) is 0. The van der Waals surface area contributed by atoms with Crippen molar-refractivity contribution in [2.24, 2.45) is 0 Å². The number of aromatic carboxylic acids is 1. The van der Waals surface area contributed by atoms with Crippen molar-refractivity contribution in [2.45, 2.75) is 32.4 Å². The summed E-state index contributed by atoms with van der Waals surface area (Å²) in [5, 5.41) is 9.99. The Morgan fingerprint density at radius 1 is 1.58 bits per heavy atom. The van der Waals surface area contributed by atoms with Crippen molar-refractivity contribution in [3.63, 3.8) is 0 Å². The van der Waals surface area contributed by atoms with Gasteiger partial charge in [-0.2, -0.15) is 11.8 Å². The van der Waals surface area contributed by atoms with Crippen molar-refractivity contribution in [3.05, 3.63) is 22.9 Å². The van der Waals surface area contributed by atoms with Crippen molar-refractivity contribution in [1.29, 1.82) is 0 Å². The molecule has 1 saturated heterocycles. The molecule has 0 saturated carbocycles. The van der Waals surface area contributed by atoms with Crippen molar-refractivity contribution in [1.82, 2.24) is 4.98 Å². The van der Waals surface area contributed by atoms with E-state index in [1.165, 1.54) is 0 Å². The molecular formula is C14H20N2O2S. The van der Waals surface area contributed by atoms with Gasteiger partial charge in [0.15, 0.2) is 0 Å². The highest BCUT2D eigenvalue weighted by Gasteiger charge is 2.25. The van der Waals surface area contributed by atoms with Gasteiger partial charge in [0, 0.05) is 29.8 Å². The Labute approximate surface area is 118 Å². The van der Waals surface area contributed by atoms with Crippen molar-refractivity contribution in [3.8, 4) is 0 Å². The molecular weight excluding hydrogens is 260 g/mol.